The van der Waals surface area contributed by atoms with Gasteiger partial charge in [-0.1, -0.05) is 69.2 Å². The molecule has 3 rings (SSSR count). The molecule has 1 aliphatic carbocycles. The molecule has 34 heavy (non-hydrogen) atoms. The molecule has 1 unspecified atom stereocenters. The molecule has 0 bridgehead atoms. The fraction of sp³-hybridized carbons (Fsp3) is 0.464. The van der Waals surface area contributed by atoms with E-state index in [1.54, 1.807) is 48.5 Å². The number of carbonyl (C=O) groups excluding carboxylic acids is 2. The second-order valence-corrected chi connectivity index (χ2v) is 10.0. The average Bonchev–Trinajstić information content (AvgIpc) is 2.82. The molecule has 1 saturated carbocycles. The van der Waals surface area contributed by atoms with Crippen LogP contribution in [0.15, 0.2) is 65.8 Å². The van der Waals surface area contributed by atoms with Crippen LogP contribution in [0.3, 0.4) is 0 Å². The first-order chi connectivity index (χ1) is 16.2. The van der Waals surface area contributed by atoms with Crippen LogP contribution in [-0.4, -0.2) is 37.0 Å². The van der Waals surface area contributed by atoms with E-state index in [0.717, 1.165) is 18.6 Å². The summed E-state index contributed by atoms with van der Waals surface area (Å²) in [5.41, 5.74) is 1.98. The highest BCUT2D eigenvalue weighted by molar-refractivity contribution is 5.90. The Bertz CT molecular complexity index is 965. The number of rotatable bonds is 8. The molecule has 2 aromatic carbocycles. The van der Waals surface area contributed by atoms with E-state index >= 15 is 0 Å². The van der Waals surface area contributed by atoms with Crippen molar-refractivity contribution in [1.29, 1.82) is 0 Å². The van der Waals surface area contributed by atoms with Gasteiger partial charge in [0.25, 0.3) is 0 Å². The zero-order valence-corrected chi connectivity index (χ0v) is 20.5. The van der Waals surface area contributed by atoms with Crippen LogP contribution < -0.4 is 0 Å². The van der Waals surface area contributed by atoms with Crippen molar-refractivity contribution in [3.63, 3.8) is 0 Å². The SMILES string of the molecule is C[C@@H]1CC[C@@H](C(C)(C)C)/C(=N/OCC(COC(=O)c2ccccc2)OC(=O)c2ccccc2)C1. The number of hydrogen-bond donors (Lipinski definition) is 0. The zero-order chi connectivity index (χ0) is 24.6. The predicted molar refractivity (Wildman–Crippen MR) is 132 cm³/mol. The van der Waals surface area contributed by atoms with Gasteiger partial charge in [-0.05, 0) is 54.9 Å². The molecular weight excluding hydrogens is 430 g/mol. The summed E-state index contributed by atoms with van der Waals surface area (Å²) in [7, 11) is 0. The summed E-state index contributed by atoms with van der Waals surface area (Å²) in [6.07, 6.45) is 2.35. The molecule has 2 aromatic rings. The Morgan fingerprint density at radius 1 is 0.912 bits per heavy atom. The molecule has 0 aromatic heterocycles. The van der Waals surface area contributed by atoms with Crippen molar-refractivity contribution in [2.75, 3.05) is 13.2 Å². The summed E-state index contributed by atoms with van der Waals surface area (Å²) < 4.78 is 11.0. The highest BCUT2D eigenvalue weighted by Gasteiger charge is 2.34. The van der Waals surface area contributed by atoms with Crippen LogP contribution in [0.25, 0.3) is 0 Å². The quantitative estimate of drug-likeness (QED) is 0.357. The molecular formula is C28H35NO5. The van der Waals surface area contributed by atoms with Crippen LogP contribution >= 0.6 is 0 Å². The first kappa shape index (κ1) is 25.5. The maximum atomic E-state index is 12.6. The van der Waals surface area contributed by atoms with Crippen LogP contribution in [0.2, 0.25) is 0 Å². The molecule has 1 aliphatic rings. The van der Waals surface area contributed by atoms with E-state index in [1.165, 1.54) is 6.42 Å². The third-order valence-electron chi connectivity index (χ3n) is 6.09. The van der Waals surface area contributed by atoms with Crippen LogP contribution in [0.1, 0.15) is 67.7 Å². The molecule has 0 spiro atoms. The molecule has 0 radical (unpaired) electrons. The van der Waals surface area contributed by atoms with E-state index in [-0.39, 0.29) is 18.6 Å². The number of benzene rings is 2. The third-order valence-corrected chi connectivity index (χ3v) is 6.09. The van der Waals surface area contributed by atoms with Crippen molar-refractivity contribution in [1.82, 2.24) is 0 Å². The predicted octanol–water partition coefficient (Wildman–Crippen LogP) is 5.92. The molecule has 182 valence electrons. The van der Waals surface area contributed by atoms with Gasteiger partial charge in [-0.2, -0.15) is 0 Å². The van der Waals surface area contributed by atoms with Gasteiger partial charge in [0.1, 0.15) is 6.61 Å². The van der Waals surface area contributed by atoms with Gasteiger partial charge in [0.2, 0.25) is 0 Å². The summed E-state index contributed by atoms with van der Waals surface area (Å²) in [4.78, 5) is 30.7. The van der Waals surface area contributed by atoms with Gasteiger partial charge in [0, 0.05) is 5.92 Å². The summed E-state index contributed by atoms with van der Waals surface area (Å²) in [5, 5.41) is 4.47. The number of oxime groups is 1. The third kappa shape index (κ3) is 7.44. The normalized spacial score (nSPS) is 20.4. The van der Waals surface area contributed by atoms with Crippen molar-refractivity contribution in [3.8, 4) is 0 Å². The molecule has 3 atom stereocenters. The van der Waals surface area contributed by atoms with Crippen LogP contribution in [-0.2, 0) is 14.3 Å². The van der Waals surface area contributed by atoms with Crippen molar-refractivity contribution < 1.29 is 23.9 Å². The van der Waals surface area contributed by atoms with Crippen molar-refractivity contribution in [2.24, 2.45) is 22.4 Å². The summed E-state index contributed by atoms with van der Waals surface area (Å²) in [6, 6.07) is 17.4. The van der Waals surface area contributed by atoms with Gasteiger partial charge in [0.15, 0.2) is 12.7 Å². The maximum Gasteiger partial charge on any atom is 0.338 e. The second kappa shape index (κ2) is 11.8. The summed E-state index contributed by atoms with van der Waals surface area (Å²) in [6.45, 7) is 8.75. The maximum absolute atomic E-state index is 12.6. The first-order valence-corrected chi connectivity index (χ1v) is 11.9. The van der Waals surface area contributed by atoms with Gasteiger partial charge >= 0.3 is 11.9 Å². The van der Waals surface area contributed by atoms with Gasteiger partial charge in [-0.3, -0.25) is 0 Å². The van der Waals surface area contributed by atoms with Gasteiger partial charge in [0.05, 0.1) is 16.8 Å². The Morgan fingerprint density at radius 3 is 2.09 bits per heavy atom. The van der Waals surface area contributed by atoms with E-state index in [0.29, 0.717) is 23.0 Å². The minimum absolute atomic E-state index is 0.00458. The summed E-state index contributed by atoms with van der Waals surface area (Å²) in [5.74, 6) is -0.0949. The molecule has 1 fully saturated rings. The van der Waals surface area contributed by atoms with Crippen LogP contribution in [0.5, 0.6) is 0 Å². The van der Waals surface area contributed by atoms with Gasteiger partial charge in [-0.25, -0.2) is 9.59 Å². The lowest BCUT2D eigenvalue weighted by atomic mass is 9.69. The highest BCUT2D eigenvalue weighted by Crippen LogP contribution is 2.38. The topological polar surface area (TPSA) is 74.2 Å². The molecule has 6 heteroatoms. The Labute approximate surface area is 202 Å². The first-order valence-electron chi connectivity index (χ1n) is 11.9. The number of nitrogens with zero attached hydrogens (tertiary/aromatic N) is 1. The molecule has 0 aliphatic heterocycles. The molecule has 6 nitrogen and oxygen atoms in total. The van der Waals surface area contributed by atoms with Crippen LogP contribution in [0.4, 0.5) is 0 Å². The molecule has 0 amide bonds. The lowest BCUT2D eigenvalue weighted by Crippen LogP contribution is -2.34. The van der Waals surface area contributed by atoms with Gasteiger partial charge < -0.3 is 14.3 Å². The minimum Gasteiger partial charge on any atom is -0.458 e. The Hall–Kier alpha value is -3.15. The lowest BCUT2D eigenvalue weighted by molar-refractivity contribution is -0.0320. The summed E-state index contributed by atoms with van der Waals surface area (Å²) >= 11 is 0. The van der Waals surface area contributed by atoms with Crippen molar-refractivity contribution in [3.05, 3.63) is 71.8 Å². The number of hydrogen-bond acceptors (Lipinski definition) is 6. The monoisotopic (exact) mass is 465 g/mol. The van der Waals surface area contributed by atoms with Crippen LogP contribution in [0, 0.1) is 17.3 Å². The van der Waals surface area contributed by atoms with E-state index < -0.39 is 18.0 Å². The Balaban J connectivity index is 1.67. The molecule has 0 N–H and O–H groups in total. The lowest BCUT2D eigenvalue weighted by Gasteiger charge is -2.36. The smallest absolute Gasteiger partial charge is 0.338 e. The number of esters is 2. The zero-order valence-electron chi connectivity index (χ0n) is 20.5. The fourth-order valence-corrected chi connectivity index (χ4v) is 4.19. The van der Waals surface area contributed by atoms with Crippen molar-refractivity contribution in [2.45, 2.75) is 53.1 Å². The van der Waals surface area contributed by atoms with E-state index in [4.69, 9.17) is 14.3 Å². The molecule has 0 saturated heterocycles. The average molecular weight is 466 g/mol. The largest absolute Gasteiger partial charge is 0.458 e. The standard InChI is InChI=1S/C28H35NO5/c1-20-15-16-24(28(2,3)4)25(17-20)29-33-19-23(34-27(31)22-13-9-6-10-14-22)18-32-26(30)21-11-7-5-8-12-21/h5-14,20,23-24H,15-19H2,1-4H3/b29-25+/t20-,23?,24-/m1/s1. The van der Waals surface area contributed by atoms with Crippen molar-refractivity contribution >= 4 is 17.7 Å². The fourth-order valence-electron chi connectivity index (χ4n) is 4.19. The second-order valence-electron chi connectivity index (χ2n) is 10.0. The van der Waals surface area contributed by atoms with E-state index in [9.17, 15) is 9.59 Å². The van der Waals surface area contributed by atoms with E-state index in [1.807, 2.05) is 12.1 Å². The number of carbonyl (C=O) groups is 2. The Kier molecular flexibility index (Phi) is 8.85. The highest BCUT2D eigenvalue weighted by atomic mass is 16.7. The minimum atomic E-state index is -0.793. The van der Waals surface area contributed by atoms with E-state index in [2.05, 4.69) is 32.9 Å². The molecule has 0 heterocycles. The van der Waals surface area contributed by atoms with Gasteiger partial charge in [-0.15, -0.1) is 0 Å². The number of ether oxygens (including phenoxy) is 2. The Morgan fingerprint density at radius 2 is 1.50 bits per heavy atom.